The first-order chi connectivity index (χ1) is 6.89. The van der Waals surface area contributed by atoms with Crippen molar-refractivity contribution in [3.05, 3.63) is 12.1 Å². The zero-order chi connectivity index (χ0) is 11.9. The molecule has 0 spiro atoms. The van der Waals surface area contributed by atoms with Crippen molar-refractivity contribution in [2.45, 2.75) is 46.8 Å². The molecule has 0 aliphatic rings. The van der Waals surface area contributed by atoms with Crippen LogP contribution in [0.3, 0.4) is 0 Å². The first kappa shape index (κ1) is 14.7. The van der Waals surface area contributed by atoms with Crippen molar-refractivity contribution in [2.24, 2.45) is 0 Å². The molecule has 0 saturated carbocycles. The number of hydrogen-bond acceptors (Lipinski definition) is 4. The van der Waals surface area contributed by atoms with Gasteiger partial charge in [-0.15, -0.1) is 0 Å². The van der Waals surface area contributed by atoms with Crippen LogP contribution in [0.25, 0.3) is 0 Å². The summed E-state index contributed by atoms with van der Waals surface area (Å²) in [5, 5.41) is 0. The van der Waals surface area contributed by atoms with Crippen molar-refractivity contribution in [1.29, 1.82) is 0 Å². The Hall–Kier alpha value is -0.310. The van der Waals surface area contributed by atoms with Gasteiger partial charge in [-0.25, -0.2) is 0 Å². The van der Waals surface area contributed by atoms with E-state index in [2.05, 4.69) is 0 Å². The Morgan fingerprint density at radius 3 is 1.93 bits per heavy atom. The average Bonchev–Trinajstić information content (AvgIpc) is 2.00. The minimum absolute atomic E-state index is 0.152. The Balaban J connectivity index is 4.47. The van der Waals surface area contributed by atoms with Gasteiger partial charge in [-0.2, -0.15) is 0 Å². The van der Waals surface area contributed by atoms with Gasteiger partial charge in [0.05, 0.1) is 30.9 Å². The van der Waals surface area contributed by atoms with Gasteiger partial charge in [0, 0.05) is 0 Å². The predicted molar refractivity (Wildman–Crippen MR) is 60.8 cm³/mol. The largest absolute Gasteiger partial charge is 0.501 e. The molecule has 0 aromatic rings. The minimum atomic E-state index is -3.17. The van der Waals surface area contributed by atoms with E-state index >= 15 is 0 Å². The van der Waals surface area contributed by atoms with Crippen molar-refractivity contribution >= 4 is 7.60 Å². The number of hydrogen-bond donors (Lipinski definition) is 0. The lowest BCUT2D eigenvalue weighted by molar-refractivity contribution is 0.148. The molecule has 0 N–H and O–H groups in total. The van der Waals surface area contributed by atoms with Gasteiger partial charge in [0.1, 0.15) is 0 Å². The Bertz CT molecular complexity index is 222. The molecule has 4 nitrogen and oxygen atoms in total. The topological polar surface area (TPSA) is 44.8 Å². The summed E-state index contributed by atoms with van der Waals surface area (Å²) in [6.07, 6.45) is 1.06. The van der Waals surface area contributed by atoms with E-state index in [4.69, 9.17) is 13.8 Å². The molecule has 0 aromatic carbocycles. The molecule has 0 heterocycles. The van der Waals surface area contributed by atoms with Crippen LogP contribution >= 0.6 is 7.60 Å². The van der Waals surface area contributed by atoms with Crippen LogP contribution in [0.2, 0.25) is 0 Å². The summed E-state index contributed by atoms with van der Waals surface area (Å²) < 4.78 is 27.6. The van der Waals surface area contributed by atoms with E-state index in [1.165, 1.54) is 12.1 Å². The van der Waals surface area contributed by atoms with Crippen LogP contribution in [0.4, 0.5) is 0 Å². The van der Waals surface area contributed by atoms with Crippen LogP contribution < -0.4 is 0 Å². The van der Waals surface area contributed by atoms with E-state index in [0.29, 0.717) is 6.61 Å². The highest BCUT2D eigenvalue weighted by molar-refractivity contribution is 7.57. The van der Waals surface area contributed by atoms with Gasteiger partial charge in [-0.1, -0.05) is 0 Å². The lowest BCUT2D eigenvalue weighted by Gasteiger charge is -2.19. The highest BCUT2D eigenvalue weighted by Gasteiger charge is 2.24. The van der Waals surface area contributed by atoms with Crippen LogP contribution in [0.5, 0.6) is 0 Å². The van der Waals surface area contributed by atoms with Crippen LogP contribution in [-0.2, 0) is 18.3 Å². The fourth-order valence-corrected chi connectivity index (χ4v) is 2.50. The Labute approximate surface area is 92.1 Å². The molecule has 15 heavy (non-hydrogen) atoms. The maximum Gasteiger partial charge on any atom is 0.357 e. The van der Waals surface area contributed by atoms with E-state index in [0.717, 1.165) is 0 Å². The zero-order valence-electron chi connectivity index (χ0n) is 10.1. The first-order valence-corrected chi connectivity index (χ1v) is 6.76. The molecule has 0 atom stereocenters. The molecule has 0 saturated heterocycles. The van der Waals surface area contributed by atoms with E-state index in [-0.39, 0.29) is 12.2 Å². The van der Waals surface area contributed by atoms with E-state index in [1.807, 2.05) is 34.6 Å². The highest BCUT2D eigenvalue weighted by Crippen LogP contribution is 2.51. The fourth-order valence-electron chi connectivity index (χ4n) is 0.897. The standard InChI is InChI=1S/C10H21O4P/c1-6-12-7-8-15(11,13-9(2)3)14-10(4)5/h7-10H,6H2,1-5H3. The lowest BCUT2D eigenvalue weighted by Crippen LogP contribution is -2.06. The summed E-state index contributed by atoms with van der Waals surface area (Å²) >= 11 is 0. The summed E-state index contributed by atoms with van der Waals surface area (Å²) in [6.45, 7) is 9.62. The lowest BCUT2D eigenvalue weighted by atomic mass is 10.5. The van der Waals surface area contributed by atoms with Crippen LogP contribution in [0, 0.1) is 0 Å². The second-order valence-corrected chi connectivity index (χ2v) is 5.39. The third-order valence-electron chi connectivity index (χ3n) is 1.22. The Kier molecular flexibility index (Phi) is 6.90. The third-order valence-corrected chi connectivity index (χ3v) is 3.14. The summed E-state index contributed by atoms with van der Waals surface area (Å²) in [4.78, 5) is 0. The van der Waals surface area contributed by atoms with Crippen LogP contribution in [-0.4, -0.2) is 18.8 Å². The molecule has 5 heteroatoms. The highest BCUT2D eigenvalue weighted by atomic mass is 31.2. The molecule has 0 bridgehead atoms. The van der Waals surface area contributed by atoms with Gasteiger partial charge >= 0.3 is 7.60 Å². The molecule has 0 aliphatic carbocycles. The van der Waals surface area contributed by atoms with E-state index in [9.17, 15) is 4.57 Å². The molecule has 0 unspecified atom stereocenters. The van der Waals surface area contributed by atoms with Gasteiger partial charge in [-0.3, -0.25) is 4.57 Å². The van der Waals surface area contributed by atoms with Gasteiger partial charge in [0.25, 0.3) is 0 Å². The fraction of sp³-hybridized carbons (Fsp3) is 0.800. The molecule has 90 valence electrons. The predicted octanol–water partition coefficient (Wildman–Crippen LogP) is 3.54. The second-order valence-electron chi connectivity index (χ2n) is 3.59. The summed E-state index contributed by atoms with van der Waals surface area (Å²) in [6, 6.07) is 0. The molecule has 0 amide bonds. The van der Waals surface area contributed by atoms with Gasteiger partial charge in [0.2, 0.25) is 0 Å². The first-order valence-electron chi connectivity index (χ1n) is 5.15. The number of ether oxygens (including phenoxy) is 1. The Morgan fingerprint density at radius 1 is 1.13 bits per heavy atom. The normalized spacial score (nSPS) is 13.0. The third kappa shape index (κ3) is 7.60. The quantitative estimate of drug-likeness (QED) is 0.501. The van der Waals surface area contributed by atoms with Gasteiger partial charge in [0.15, 0.2) is 0 Å². The van der Waals surface area contributed by atoms with E-state index in [1.54, 1.807) is 0 Å². The second kappa shape index (κ2) is 7.04. The van der Waals surface area contributed by atoms with Crippen molar-refractivity contribution in [2.75, 3.05) is 6.61 Å². The maximum atomic E-state index is 12.1. The maximum absolute atomic E-state index is 12.1. The summed E-state index contributed by atoms with van der Waals surface area (Å²) in [5.41, 5.74) is 0. The average molecular weight is 236 g/mol. The monoisotopic (exact) mass is 236 g/mol. The SMILES string of the molecule is CCOC=CP(=O)(OC(C)C)OC(C)C. The molecule has 0 aromatic heterocycles. The zero-order valence-corrected chi connectivity index (χ0v) is 11.0. The Morgan fingerprint density at radius 2 is 1.60 bits per heavy atom. The van der Waals surface area contributed by atoms with Crippen molar-refractivity contribution < 1.29 is 18.3 Å². The van der Waals surface area contributed by atoms with Gasteiger partial charge < -0.3 is 13.8 Å². The smallest absolute Gasteiger partial charge is 0.357 e. The van der Waals surface area contributed by atoms with Crippen molar-refractivity contribution in [3.8, 4) is 0 Å². The van der Waals surface area contributed by atoms with E-state index < -0.39 is 7.60 Å². The molecular weight excluding hydrogens is 215 g/mol. The van der Waals surface area contributed by atoms with Crippen LogP contribution in [0.15, 0.2) is 12.1 Å². The summed E-state index contributed by atoms with van der Waals surface area (Å²) in [5.74, 6) is 1.36. The molecule has 0 radical (unpaired) electrons. The molecule has 0 aliphatic heterocycles. The molecule has 0 fully saturated rings. The van der Waals surface area contributed by atoms with Crippen molar-refractivity contribution in [1.82, 2.24) is 0 Å². The summed E-state index contributed by atoms with van der Waals surface area (Å²) in [7, 11) is -3.17. The van der Waals surface area contributed by atoms with Gasteiger partial charge in [-0.05, 0) is 34.6 Å². The van der Waals surface area contributed by atoms with Crippen LogP contribution in [0.1, 0.15) is 34.6 Å². The minimum Gasteiger partial charge on any atom is -0.501 e. The van der Waals surface area contributed by atoms with Crippen molar-refractivity contribution in [3.63, 3.8) is 0 Å². The number of rotatable bonds is 7. The molecular formula is C10H21O4P. The molecule has 0 rings (SSSR count).